The van der Waals surface area contributed by atoms with E-state index in [1.807, 2.05) is 0 Å². The summed E-state index contributed by atoms with van der Waals surface area (Å²) < 4.78 is 24.5. The second-order valence-corrected chi connectivity index (χ2v) is 5.65. The average molecular weight is 328 g/mol. The summed E-state index contributed by atoms with van der Waals surface area (Å²) in [6.07, 6.45) is -1.16. The molecule has 0 N–H and O–H groups in total. The molecule has 0 aliphatic carbocycles. The molecule has 0 spiro atoms. The highest BCUT2D eigenvalue weighted by Gasteiger charge is 2.40. The molecule has 7 heteroatoms. The number of anilines is 1. The zero-order valence-corrected chi connectivity index (χ0v) is 13.3. The third kappa shape index (κ3) is 2.92. The molecule has 0 bridgehead atoms. The molecule has 2 amide bonds. The zero-order chi connectivity index (χ0) is 16.6. The molecule has 0 aromatic heterocycles. The Morgan fingerprint density at radius 3 is 2.45 bits per heavy atom. The molecule has 0 unspecified atom stereocenters. The quantitative estimate of drug-likeness (QED) is 0.786. The molecule has 1 saturated heterocycles. The van der Waals surface area contributed by atoms with Gasteiger partial charge in [-0.25, -0.2) is 14.1 Å². The van der Waals surface area contributed by atoms with Gasteiger partial charge in [0.1, 0.15) is 11.6 Å². The van der Waals surface area contributed by atoms with Crippen molar-refractivity contribution in [2.45, 2.75) is 33.8 Å². The largest absolute Gasteiger partial charge is 0.489 e. The lowest BCUT2D eigenvalue weighted by atomic mass is 10.2. The molecule has 0 atom stereocenters. The monoisotopic (exact) mass is 327 g/mol. The van der Waals surface area contributed by atoms with Crippen LogP contribution in [0, 0.1) is 5.82 Å². The van der Waals surface area contributed by atoms with Crippen molar-refractivity contribution in [3.63, 3.8) is 0 Å². The number of imide groups is 1. The SMILES string of the molecule is CC(C)=C1OC(=O)N(c2cc(OC(C)C)c(Cl)cc2F)C1=O. The van der Waals surface area contributed by atoms with Gasteiger partial charge in [0.15, 0.2) is 5.76 Å². The van der Waals surface area contributed by atoms with E-state index in [9.17, 15) is 14.0 Å². The van der Waals surface area contributed by atoms with Crippen molar-refractivity contribution in [2.24, 2.45) is 0 Å². The fourth-order valence-corrected chi connectivity index (χ4v) is 2.11. The van der Waals surface area contributed by atoms with E-state index < -0.39 is 17.8 Å². The third-order valence-electron chi connectivity index (χ3n) is 2.83. The fraction of sp³-hybridized carbons (Fsp3) is 0.333. The van der Waals surface area contributed by atoms with Gasteiger partial charge in [-0.3, -0.25) is 4.79 Å². The van der Waals surface area contributed by atoms with Crippen LogP contribution in [0.3, 0.4) is 0 Å². The molecule has 1 heterocycles. The Morgan fingerprint density at radius 1 is 1.32 bits per heavy atom. The summed E-state index contributed by atoms with van der Waals surface area (Å²) in [5.41, 5.74) is 0.264. The highest BCUT2D eigenvalue weighted by atomic mass is 35.5. The van der Waals surface area contributed by atoms with Crippen molar-refractivity contribution in [1.82, 2.24) is 0 Å². The summed E-state index contributed by atoms with van der Waals surface area (Å²) in [4.78, 5) is 24.7. The second kappa shape index (κ2) is 5.96. The van der Waals surface area contributed by atoms with Gasteiger partial charge in [-0.15, -0.1) is 0 Å². The fourth-order valence-electron chi connectivity index (χ4n) is 1.92. The van der Waals surface area contributed by atoms with Crippen LogP contribution in [-0.2, 0) is 9.53 Å². The molecule has 0 radical (unpaired) electrons. The first kappa shape index (κ1) is 16.3. The first-order valence-corrected chi connectivity index (χ1v) is 6.99. The molecule has 1 aliphatic heterocycles. The summed E-state index contributed by atoms with van der Waals surface area (Å²) in [5, 5.41) is 0.0531. The van der Waals surface area contributed by atoms with Gasteiger partial charge in [0.05, 0.1) is 16.8 Å². The number of halogens is 2. The van der Waals surface area contributed by atoms with E-state index in [0.29, 0.717) is 10.5 Å². The van der Waals surface area contributed by atoms with Gasteiger partial charge in [0.25, 0.3) is 0 Å². The minimum absolute atomic E-state index is 0.0531. The number of hydrogen-bond acceptors (Lipinski definition) is 4. The maximum absolute atomic E-state index is 14.1. The van der Waals surface area contributed by atoms with Crippen LogP contribution < -0.4 is 9.64 Å². The average Bonchev–Trinajstić information content (AvgIpc) is 2.68. The number of ether oxygens (including phenoxy) is 2. The van der Waals surface area contributed by atoms with Crippen LogP contribution >= 0.6 is 11.6 Å². The van der Waals surface area contributed by atoms with Crippen molar-refractivity contribution in [1.29, 1.82) is 0 Å². The molecule has 5 nitrogen and oxygen atoms in total. The van der Waals surface area contributed by atoms with E-state index in [4.69, 9.17) is 21.1 Å². The first-order chi connectivity index (χ1) is 10.2. The van der Waals surface area contributed by atoms with Gasteiger partial charge in [0, 0.05) is 6.07 Å². The topological polar surface area (TPSA) is 55.8 Å². The molecule has 118 valence electrons. The third-order valence-corrected chi connectivity index (χ3v) is 3.12. The Hall–Kier alpha value is -2.08. The van der Waals surface area contributed by atoms with Crippen molar-refractivity contribution < 1.29 is 23.5 Å². The first-order valence-electron chi connectivity index (χ1n) is 6.61. The highest BCUT2D eigenvalue weighted by molar-refractivity contribution is 6.32. The molecule has 1 aromatic carbocycles. The van der Waals surface area contributed by atoms with E-state index in [2.05, 4.69) is 0 Å². The van der Waals surface area contributed by atoms with Crippen LogP contribution in [0.5, 0.6) is 5.75 Å². The van der Waals surface area contributed by atoms with Gasteiger partial charge in [-0.05, 0) is 39.3 Å². The number of amides is 2. The maximum Gasteiger partial charge on any atom is 0.427 e. The van der Waals surface area contributed by atoms with Gasteiger partial charge >= 0.3 is 12.0 Å². The number of allylic oxidation sites excluding steroid dienone is 1. The van der Waals surface area contributed by atoms with Crippen molar-refractivity contribution >= 4 is 29.3 Å². The van der Waals surface area contributed by atoms with E-state index >= 15 is 0 Å². The Morgan fingerprint density at radius 2 is 1.95 bits per heavy atom. The highest BCUT2D eigenvalue weighted by Crippen LogP contribution is 2.36. The van der Waals surface area contributed by atoms with Gasteiger partial charge in [-0.2, -0.15) is 0 Å². The summed E-state index contributed by atoms with van der Waals surface area (Å²) in [7, 11) is 0. The van der Waals surface area contributed by atoms with Crippen molar-refractivity contribution in [3.8, 4) is 5.75 Å². The van der Waals surface area contributed by atoms with E-state index in [1.165, 1.54) is 6.07 Å². The molecule has 2 rings (SSSR count). The maximum atomic E-state index is 14.1. The van der Waals surface area contributed by atoms with Crippen LogP contribution in [-0.4, -0.2) is 18.1 Å². The molecular formula is C15H15ClFNO4. The van der Waals surface area contributed by atoms with Crippen molar-refractivity contribution in [2.75, 3.05) is 4.90 Å². The number of nitrogens with zero attached hydrogens (tertiary/aromatic N) is 1. The normalized spacial score (nSPS) is 14.7. The number of rotatable bonds is 3. The van der Waals surface area contributed by atoms with E-state index in [-0.39, 0.29) is 28.3 Å². The summed E-state index contributed by atoms with van der Waals surface area (Å²) in [5.74, 6) is -1.46. The standard InChI is InChI=1S/C15H15ClFNO4/c1-7(2)13-14(19)18(15(20)22-13)11-6-12(21-8(3)4)9(16)5-10(11)17/h5-6,8H,1-4H3. The lowest BCUT2D eigenvalue weighted by Gasteiger charge is -2.16. The lowest BCUT2D eigenvalue weighted by molar-refractivity contribution is -0.114. The van der Waals surface area contributed by atoms with E-state index in [1.54, 1.807) is 27.7 Å². The zero-order valence-electron chi connectivity index (χ0n) is 12.6. The van der Waals surface area contributed by atoms with Gasteiger partial charge < -0.3 is 9.47 Å². The van der Waals surface area contributed by atoms with E-state index in [0.717, 1.165) is 6.07 Å². The number of cyclic esters (lactones) is 1. The lowest BCUT2D eigenvalue weighted by Crippen LogP contribution is -2.29. The Balaban J connectivity index is 2.51. The molecule has 22 heavy (non-hydrogen) atoms. The smallest absolute Gasteiger partial charge is 0.427 e. The summed E-state index contributed by atoms with van der Waals surface area (Å²) >= 11 is 5.91. The Labute approximate surface area is 132 Å². The molecule has 1 aromatic rings. The Kier molecular flexibility index (Phi) is 4.42. The Bertz CT molecular complexity index is 680. The van der Waals surface area contributed by atoms with Crippen LogP contribution in [0.2, 0.25) is 5.02 Å². The predicted octanol–water partition coefficient (Wildman–Crippen LogP) is 4.04. The van der Waals surface area contributed by atoms with Crippen LogP contribution in [0.25, 0.3) is 0 Å². The summed E-state index contributed by atoms with van der Waals surface area (Å²) in [6.45, 7) is 6.79. The predicted molar refractivity (Wildman–Crippen MR) is 79.5 cm³/mol. The van der Waals surface area contributed by atoms with Gasteiger partial charge in [0.2, 0.25) is 0 Å². The number of carbonyl (C=O) groups excluding carboxylic acids is 2. The van der Waals surface area contributed by atoms with Gasteiger partial charge in [-0.1, -0.05) is 11.6 Å². The van der Waals surface area contributed by atoms with Crippen LogP contribution in [0.15, 0.2) is 23.5 Å². The number of carbonyl (C=O) groups is 2. The van der Waals surface area contributed by atoms with Crippen molar-refractivity contribution in [3.05, 3.63) is 34.3 Å². The van der Waals surface area contributed by atoms with Crippen LogP contribution in [0.4, 0.5) is 14.9 Å². The van der Waals surface area contributed by atoms with Crippen LogP contribution in [0.1, 0.15) is 27.7 Å². The molecule has 0 saturated carbocycles. The summed E-state index contributed by atoms with van der Waals surface area (Å²) in [6, 6.07) is 2.21. The molecule has 1 aliphatic rings. The second-order valence-electron chi connectivity index (χ2n) is 5.24. The minimum atomic E-state index is -0.960. The molecule has 1 fully saturated rings. The molecular weight excluding hydrogens is 313 g/mol. The minimum Gasteiger partial charge on any atom is -0.489 e. The number of hydrogen-bond donors (Lipinski definition) is 0. The number of benzene rings is 1.